The molecule has 0 aliphatic heterocycles. The van der Waals surface area contributed by atoms with Crippen LogP contribution in [0.3, 0.4) is 0 Å². The van der Waals surface area contributed by atoms with Gasteiger partial charge >= 0.3 is 5.97 Å². The van der Waals surface area contributed by atoms with E-state index in [0.717, 1.165) is 5.01 Å². The van der Waals surface area contributed by atoms with E-state index in [4.69, 9.17) is 5.73 Å². The molecule has 0 heterocycles. The average Bonchev–Trinajstić information content (AvgIpc) is 1.98. The fourth-order valence-corrected chi connectivity index (χ4v) is 0.891. The fraction of sp³-hybridized carbons (Fsp3) is 0.800. The fourth-order valence-electron chi connectivity index (χ4n) is 0.572. The Morgan fingerprint density at radius 1 is 1.77 bits per heavy atom. The summed E-state index contributed by atoms with van der Waals surface area (Å²) in [5, 5.41) is 1.09. The minimum Gasteiger partial charge on any atom is -0.759 e. The molecule has 13 heavy (non-hydrogen) atoms. The Kier molecular flexibility index (Phi) is 6.63. The van der Waals surface area contributed by atoms with Crippen molar-refractivity contribution in [2.24, 2.45) is 5.73 Å². The third-order valence-electron chi connectivity index (χ3n) is 0.978. The Labute approximate surface area is 78.6 Å². The Balaban J connectivity index is 3.59. The zero-order valence-corrected chi connectivity index (χ0v) is 8.00. The van der Waals surface area contributed by atoms with Gasteiger partial charge in [0.05, 0.1) is 0 Å². The first-order valence-electron chi connectivity index (χ1n) is 3.48. The van der Waals surface area contributed by atoms with Gasteiger partial charge in [0.15, 0.2) is 0 Å². The summed E-state index contributed by atoms with van der Waals surface area (Å²) < 4.78 is 24.8. The Morgan fingerprint density at radius 3 is 2.85 bits per heavy atom. The molecule has 0 amide bonds. The third-order valence-corrected chi connectivity index (χ3v) is 1.44. The van der Waals surface area contributed by atoms with Gasteiger partial charge in [-0.1, -0.05) is 0 Å². The lowest BCUT2D eigenvalue weighted by atomic mass is 10.6. The summed E-state index contributed by atoms with van der Waals surface area (Å²) >= 11 is -2.42. The van der Waals surface area contributed by atoms with Crippen molar-refractivity contribution in [1.82, 2.24) is 9.84 Å². The molecule has 0 saturated heterocycles. The standard InChI is InChI=1S/C5H13N3O4S/c1-8(7-13(10)11)4-5(9)12-3-2-6/h7H,2-4,6H2,1H3,(H,10,11)/p-1. The number of hydrazine groups is 1. The van der Waals surface area contributed by atoms with E-state index in [1.54, 1.807) is 0 Å². The lowest BCUT2D eigenvalue weighted by molar-refractivity contribution is -0.144. The molecule has 78 valence electrons. The number of ether oxygens (including phenoxy) is 1. The van der Waals surface area contributed by atoms with Gasteiger partial charge in [-0.3, -0.25) is 9.00 Å². The molecule has 3 N–H and O–H groups in total. The van der Waals surface area contributed by atoms with Crippen molar-refractivity contribution in [2.75, 3.05) is 26.7 Å². The van der Waals surface area contributed by atoms with Crippen LogP contribution in [0.2, 0.25) is 0 Å². The van der Waals surface area contributed by atoms with Gasteiger partial charge in [0.25, 0.3) is 0 Å². The number of nitrogens with one attached hydrogen (secondary N) is 1. The number of nitrogens with two attached hydrogens (primary N) is 1. The van der Waals surface area contributed by atoms with Crippen LogP contribution in [0, 0.1) is 0 Å². The number of rotatable bonds is 6. The maximum atomic E-state index is 10.8. The van der Waals surface area contributed by atoms with Crippen LogP contribution in [0.4, 0.5) is 0 Å². The van der Waals surface area contributed by atoms with Crippen molar-refractivity contribution in [1.29, 1.82) is 0 Å². The van der Waals surface area contributed by atoms with Crippen molar-refractivity contribution >= 4 is 17.2 Å². The molecule has 1 atom stereocenters. The summed E-state index contributed by atoms with van der Waals surface area (Å²) in [6, 6.07) is 0. The maximum Gasteiger partial charge on any atom is 0.321 e. The first kappa shape index (κ1) is 12.5. The van der Waals surface area contributed by atoms with Crippen LogP contribution >= 0.6 is 0 Å². The quantitative estimate of drug-likeness (QED) is 0.290. The maximum absolute atomic E-state index is 10.8. The van der Waals surface area contributed by atoms with Crippen molar-refractivity contribution in [3.05, 3.63) is 0 Å². The van der Waals surface area contributed by atoms with E-state index in [1.807, 2.05) is 4.83 Å². The second kappa shape index (κ2) is 6.92. The number of hydrogen-bond donors (Lipinski definition) is 2. The van der Waals surface area contributed by atoms with E-state index in [0.29, 0.717) is 0 Å². The van der Waals surface area contributed by atoms with Crippen LogP contribution in [-0.4, -0.2) is 46.5 Å². The summed E-state index contributed by atoms with van der Waals surface area (Å²) in [4.78, 5) is 12.8. The van der Waals surface area contributed by atoms with Gasteiger partial charge in [-0.05, 0) is 0 Å². The molecule has 7 nitrogen and oxygen atoms in total. The van der Waals surface area contributed by atoms with E-state index in [1.165, 1.54) is 7.05 Å². The molecule has 0 spiro atoms. The van der Waals surface area contributed by atoms with Gasteiger partial charge in [-0.2, -0.15) is 4.83 Å². The SMILES string of the molecule is CN(CC(=O)OCCN)NS(=O)[O-]. The highest BCUT2D eigenvalue weighted by molar-refractivity contribution is 7.76. The number of nitrogens with zero attached hydrogens (tertiary/aromatic N) is 1. The van der Waals surface area contributed by atoms with E-state index >= 15 is 0 Å². The number of carbonyl (C=O) groups is 1. The zero-order valence-electron chi connectivity index (χ0n) is 7.19. The van der Waals surface area contributed by atoms with Crippen LogP contribution in [0.25, 0.3) is 0 Å². The second-order valence-electron chi connectivity index (χ2n) is 2.19. The molecule has 0 fully saturated rings. The van der Waals surface area contributed by atoms with Crippen molar-refractivity contribution in [2.45, 2.75) is 0 Å². The van der Waals surface area contributed by atoms with Gasteiger partial charge in [0.1, 0.15) is 13.2 Å². The minimum atomic E-state index is -2.42. The van der Waals surface area contributed by atoms with E-state index in [2.05, 4.69) is 4.74 Å². The number of esters is 1. The first-order valence-corrected chi connectivity index (χ1v) is 4.56. The number of carbonyl (C=O) groups excluding carboxylic acids is 1. The molecule has 1 unspecified atom stereocenters. The highest BCUT2D eigenvalue weighted by Crippen LogP contribution is 1.82. The van der Waals surface area contributed by atoms with Crippen LogP contribution in [0.1, 0.15) is 0 Å². The van der Waals surface area contributed by atoms with Gasteiger partial charge < -0.3 is 15.0 Å². The van der Waals surface area contributed by atoms with Gasteiger partial charge in [-0.25, -0.2) is 5.01 Å². The average molecular weight is 210 g/mol. The molecular weight excluding hydrogens is 198 g/mol. The molecule has 0 aliphatic carbocycles. The highest BCUT2D eigenvalue weighted by Gasteiger charge is 2.06. The predicted molar refractivity (Wildman–Crippen MR) is 44.7 cm³/mol. The summed E-state index contributed by atoms with van der Waals surface area (Å²) in [6.07, 6.45) is 0. The lowest BCUT2D eigenvalue weighted by Gasteiger charge is -2.17. The van der Waals surface area contributed by atoms with Crippen LogP contribution in [0.5, 0.6) is 0 Å². The largest absolute Gasteiger partial charge is 0.759 e. The predicted octanol–water partition coefficient (Wildman–Crippen LogP) is -2.28. The Bertz CT molecular complexity index is 189. The van der Waals surface area contributed by atoms with Crippen molar-refractivity contribution < 1.29 is 18.3 Å². The third kappa shape index (κ3) is 7.81. The Hall–Kier alpha value is -0.540. The monoisotopic (exact) mass is 210 g/mol. The van der Waals surface area contributed by atoms with Gasteiger partial charge in [0, 0.05) is 24.9 Å². The minimum absolute atomic E-state index is 0.132. The van der Waals surface area contributed by atoms with Crippen molar-refractivity contribution in [3.63, 3.8) is 0 Å². The Morgan fingerprint density at radius 2 is 2.38 bits per heavy atom. The van der Waals surface area contributed by atoms with Crippen LogP contribution < -0.4 is 10.6 Å². The molecule has 8 heteroatoms. The molecule has 0 aromatic carbocycles. The smallest absolute Gasteiger partial charge is 0.321 e. The van der Waals surface area contributed by atoms with E-state index < -0.39 is 17.2 Å². The van der Waals surface area contributed by atoms with Gasteiger partial charge in [0.2, 0.25) is 0 Å². The summed E-state index contributed by atoms with van der Waals surface area (Å²) in [6.45, 7) is 0.220. The van der Waals surface area contributed by atoms with Gasteiger partial charge in [-0.15, -0.1) is 0 Å². The molecule has 0 aromatic rings. The molecule has 0 rings (SSSR count). The first-order chi connectivity index (χ1) is 6.06. The number of likely N-dealkylation sites (N-methyl/N-ethyl adjacent to an activating group) is 1. The summed E-state index contributed by atoms with van der Waals surface area (Å²) in [5.74, 6) is -0.536. The molecule has 0 aromatic heterocycles. The summed E-state index contributed by atoms with van der Waals surface area (Å²) in [5.41, 5.74) is 5.08. The highest BCUT2D eigenvalue weighted by atomic mass is 32.2. The second-order valence-corrected chi connectivity index (χ2v) is 2.84. The normalized spacial score (nSPS) is 12.9. The zero-order chi connectivity index (χ0) is 10.3. The molecule has 0 bridgehead atoms. The van der Waals surface area contributed by atoms with Crippen LogP contribution in [-0.2, 0) is 20.8 Å². The lowest BCUT2D eigenvalue weighted by Crippen LogP contribution is -2.40. The topological polar surface area (TPSA) is 108 Å². The molecule has 0 radical (unpaired) electrons. The van der Waals surface area contributed by atoms with E-state index in [-0.39, 0.29) is 19.7 Å². The molecule has 0 aliphatic rings. The molecular formula is C5H12N3O4S-. The molecule has 0 saturated carbocycles. The van der Waals surface area contributed by atoms with E-state index in [9.17, 15) is 13.6 Å². The number of hydrogen-bond acceptors (Lipinski definition) is 6. The van der Waals surface area contributed by atoms with Crippen molar-refractivity contribution in [3.8, 4) is 0 Å². The van der Waals surface area contributed by atoms with Crippen LogP contribution in [0.15, 0.2) is 0 Å². The summed E-state index contributed by atoms with van der Waals surface area (Å²) in [7, 11) is 1.40.